The maximum Gasteiger partial charge on any atom is -0.00934 e. The van der Waals surface area contributed by atoms with Gasteiger partial charge < -0.3 is 0 Å². The van der Waals surface area contributed by atoms with Crippen LogP contribution in [0.1, 0.15) is 0 Å². The monoisotopic (exact) mass is 164 g/mol. The van der Waals surface area contributed by atoms with Gasteiger partial charge >= 0.3 is 25.7 Å². The summed E-state index contributed by atoms with van der Waals surface area (Å²) >= 11 is -0.287. The molecule has 0 radical (unpaired) electrons. The predicted molar refractivity (Wildman–Crippen MR) is 25.7 cm³/mol. The molecule has 42 valence electrons. The summed E-state index contributed by atoms with van der Waals surface area (Å²) in [6.45, 7) is 0. The molecule has 0 fully saturated rings. The van der Waals surface area contributed by atoms with Gasteiger partial charge in [-0.25, -0.2) is 0 Å². The van der Waals surface area contributed by atoms with Gasteiger partial charge in [0.2, 0.25) is 0 Å². The van der Waals surface area contributed by atoms with E-state index in [1.165, 1.54) is 0 Å². The van der Waals surface area contributed by atoms with Crippen LogP contribution in [0.5, 0.6) is 0 Å². The van der Waals surface area contributed by atoms with Crippen LogP contribution >= 0.6 is 11.3 Å². The van der Waals surface area contributed by atoms with Gasteiger partial charge in [0.1, 0.15) is 0 Å². The van der Waals surface area contributed by atoms with Crippen molar-refractivity contribution >= 4 is 11.3 Å². The summed E-state index contributed by atoms with van der Waals surface area (Å²) in [5.41, 5.74) is 0. The van der Waals surface area contributed by atoms with Gasteiger partial charge in [0.25, 0.3) is 0 Å². The van der Waals surface area contributed by atoms with E-state index in [0.717, 1.165) is 0 Å². The van der Waals surface area contributed by atoms with Crippen molar-refractivity contribution in [3.05, 3.63) is 22.9 Å². The average molecular weight is 164 g/mol. The maximum atomic E-state index is 8.50. The van der Waals surface area contributed by atoms with E-state index in [2.05, 4.69) is 0 Å². The van der Waals surface area contributed by atoms with Crippen LogP contribution in [0, 0.1) is 0 Å². The van der Waals surface area contributed by atoms with Crippen LogP contribution in [0.15, 0.2) is 22.9 Å². The van der Waals surface area contributed by atoms with E-state index in [4.69, 9.17) is 6.65 Å². The zero-order valence-corrected chi connectivity index (χ0v) is 6.41. The molecule has 0 aromatic carbocycles. The first-order valence-electron chi connectivity index (χ1n) is 1.88. The van der Waals surface area contributed by atoms with Gasteiger partial charge in [-0.2, -0.15) is 11.3 Å². The molecule has 4 heteroatoms. The summed E-state index contributed by atoms with van der Waals surface area (Å²) in [5.74, 6) is 0. The molecule has 0 spiro atoms. The Morgan fingerprint density at radius 3 is 1.62 bits per heavy atom. The molecule has 0 bridgehead atoms. The molecular weight excluding hydrogens is 160 g/mol. The Kier molecular flexibility index (Phi) is 7.03. The van der Waals surface area contributed by atoms with E-state index >= 15 is 0 Å². The molecule has 0 atom stereocenters. The van der Waals surface area contributed by atoms with Gasteiger partial charge in [0, 0.05) is 0 Å². The molecule has 1 aromatic rings. The van der Waals surface area contributed by atoms with Crippen LogP contribution < -0.4 is 0 Å². The van der Waals surface area contributed by atoms with Crippen LogP contribution in [0.25, 0.3) is 0 Å². The van der Waals surface area contributed by atoms with Crippen molar-refractivity contribution in [2.75, 3.05) is 0 Å². The zero-order valence-electron chi connectivity index (χ0n) is 4.03. The second-order valence-corrected chi connectivity index (χ2v) is 1.95. The largest absolute Gasteiger partial charge is 0.152 e. The Morgan fingerprint density at radius 1 is 1.12 bits per heavy atom. The SMILES string of the molecule is [O]=[Ti]=[O].c1ccsc1. The Balaban J connectivity index is 0.000000145. The van der Waals surface area contributed by atoms with E-state index in [1.807, 2.05) is 22.9 Å². The minimum absolute atomic E-state index is 1.71. The number of hydrogen-bond acceptors (Lipinski definition) is 3. The summed E-state index contributed by atoms with van der Waals surface area (Å²) in [7, 11) is 0. The first kappa shape index (κ1) is 8.01. The maximum absolute atomic E-state index is 8.50. The van der Waals surface area contributed by atoms with Crippen molar-refractivity contribution in [2.24, 2.45) is 0 Å². The topological polar surface area (TPSA) is 34.1 Å². The summed E-state index contributed by atoms with van der Waals surface area (Å²) in [5, 5.41) is 4.08. The van der Waals surface area contributed by atoms with Crippen LogP contribution in [-0.2, 0) is 25.7 Å². The fourth-order valence-corrected chi connectivity index (χ4v) is 0.680. The first-order chi connectivity index (χ1) is 3.91. The third-order valence-electron chi connectivity index (χ3n) is 0.425. The van der Waals surface area contributed by atoms with Gasteiger partial charge in [-0.1, -0.05) is 12.1 Å². The van der Waals surface area contributed by atoms with Crippen molar-refractivity contribution in [1.82, 2.24) is 0 Å². The average Bonchev–Trinajstić information content (AvgIpc) is 2.17. The Morgan fingerprint density at radius 2 is 1.50 bits per heavy atom. The predicted octanol–water partition coefficient (Wildman–Crippen LogP) is 1.51. The molecule has 0 N–H and O–H groups in total. The summed E-state index contributed by atoms with van der Waals surface area (Å²) in [6, 6.07) is 4.04. The van der Waals surface area contributed by atoms with Crippen molar-refractivity contribution in [3.8, 4) is 0 Å². The molecule has 0 saturated carbocycles. The van der Waals surface area contributed by atoms with Gasteiger partial charge in [-0.15, -0.1) is 0 Å². The Bertz CT molecular complexity index is 126. The molecular formula is C4H4O2STi. The Hall–Kier alpha value is 0.0143. The van der Waals surface area contributed by atoms with E-state index in [0.29, 0.717) is 0 Å². The molecule has 0 aliphatic carbocycles. The van der Waals surface area contributed by atoms with Crippen molar-refractivity contribution in [1.29, 1.82) is 0 Å². The van der Waals surface area contributed by atoms with Gasteiger partial charge in [-0.05, 0) is 10.8 Å². The number of hydrogen-bond donors (Lipinski definition) is 0. The molecule has 0 saturated heterocycles. The van der Waals surface area contributed by atoms with Crippen LogP contribution in [0.3, 0.4) is 0 Å². The summed E-state index contributed by atoms with van der Waals surface area (Å²) < 4.78 is 17.0. The van der Waals surface area contributed by atoms with Gasteiger partial charge in [-0.3, -0.25) is 0 Å². The van der Waals surface area contributed by atoms with Crippen LogP contribution in [0.4, 0.5) is 0 Å². The molecule has 1 rings (SSSR count). The van der Waals surface area contributed by atoms with Crippen molar-refractivity contribution in [2.45, 2.75) is 0 Å². The van der Waals surface area contributed by atoms with Gasteiger partial charge in [0.15, 0.2) is 0 Å². The minimum Gasteiger partial charge on any atom is -0.152 e. The second kappa shape index (κ2) is 7.01. The molecule has 0 amide bonds. The minimum atomic E-state index is -2.00. The van der Waals surface area contributed by atoms with E-state index in [-0.39, 0.29) is 0 Å². The van der Waals surface area contributed by atoms with Crippen molar-refractivity contribution in [3.63, 3.8) is 0 Å². The third kappa shape index (κ3) is 6.01. The number of rotatable bonds is 0. The normalized spacial score (nSPS) is 6.00. The van der Waals surface area contributed by atoms with E-state index in [1.54, 1.807) is 11.3 Å². The molecule has 8 heavy (non-hydrogen) atoms. The molecule has 0 unspecified atom stereocenters. The molecule has 1 aromatic heterocycles. The molecule has 2 nitrogen and oxygen atoms in total. The summed E-state index contributed by atoms with van der Waals surface area (Å²) in [4.78, 5) is 0. The fraction of sp³-hybridized carbons (Fsp3) is 0. The fourth-order valence-electron chi connectivity index (χ4n) is 0.227. The van der Waals surface area contributed by atoms with Crippen molar-refractivity contribution < 1.29 is 25.7 Å². The van der Waals surface area contributed by atoms with E-state index < -0.39 is 19.1 Å². The van der Waals surface area contributed by atoms with Crippen LogP contribution in [-0.4, -0.2) is 0 Å². The number of thiophene rings is 1. The first-order valence-corrected chi connectivity index (χ1v) is 4.10. The van der Waals surface area contributed by atoms with Crippen LogP contribution in [0.2, 0.25) is 0 Å². The Labute approximate surface area is 60.1 Å². The van der Waals surface area contributed by atoms with Gasteiger partial charge in [0.05, 0.1) is 0 Å². The molecule has 0 aliphatic heterocycles. The molecule has 1 heterocycles. The zero-order chi connectivity index (χ0) is 6.24. The standard InChI is InChI=1S/C4H4S.2O.Ti/c1-2-4-5-3-1;;;/h1-4H;;;. The van der Waals surface area contributed by atoms with E-state index in [9.17, 15) is 0 Å². The summed E-state index contributed by atoms with van der Waals surface area (Å²) in [6.07, 6.45) is 0. The molecule has 0 aliphatic rings. The smallest absolute Gasteiger partial charge is 0.00934 e. The quantitative estimate of drug-likeness (QED) is 0.544. The second-order valence-electron chi connectivity index (χ2n) is 0.876. The third-order valence-corrected chi connectivity index (χ3v) is 1.05.